The molecular formula is C17H19N3O2. The van der Waals surface area contributed by atoms with Crippen LogP contribution in [-0.2, 0) is 4.79 Å². The quantitative estimate of drug-likeness (QED) is 0.937. The zero-order chi connectivity index (χ0) is 16.1. The second-order valence-corrected chi connectivity index (χ2v) is 5.12. The highest BCUT2D eigenvalue weighted by molar-refractivity contribution is 5.89. The van der Waals surface area contributed by atoms with E-state index in [0.29, 0.717) is 11.5 Å². The Morgan fingerprint density at radius 3 is 2.41 bits per heavy atom. The molecule has 1 aromatic heterocycles. The summed E-state index contributed by atoms with van der Waals surface area (Å²) in [6, 6.07) is 7.60. The smallest absolute Gasteiger partial charge is 0.222 e. The Morgan fingerprint density at radius 1 is 1.18 bits per heavy atom. The summed E-state index contributed by atoms with van der Waals surface area (Å²) < 4.78 is 5.15. The minimum Gasteiger partial charge on any atom is -0.497 e. The normalized spacial score (nSPS) is 10.0. The molecule has 0 atom stereocenters. The number of anilines is 1. The average Bonchev–Trinajstić information content (AvgIpc) is 2.48. The van der Waals surface area contributed by atoms with Crippen LogP contribution in [0.15, 0.2) is 36.0 Å². The molecule has 0 radical (unpaired) electrons. The number of nitrogens with one attached hydrogen (secondary N) is 1. The van der Waals surface area contributed by atoms with E-state index in [1.54, 1.807) is 13.3 Å². The molecule has 1 aromatic carbocycles. The van der Waals surface area contributed by atoms with Gasteiger partial charge in [0.2, 0.25) is 5.91 Å². The Morgan fingerprint density at radius 2 is 1.86 bits per heavy atom. The van der Waals surface area contributed by atoms with E-state index in [1.165, 1.54) is 6.92 Å². The highest BCUT2D eigenvalue weighted by Gasteiger charge is 2.09. The summed E-state index contributed by atoms with van der Waals surface area (Å²) in [5, 5.41) is 2.70. The molecule has 0 aliphatic heterocycles. The van der Waals surface area contributed by atoms with E-state index in [0.717, 1.165) is 22.6 Å². The number of nitrogens with zero attached hydrogens (tertiary/aromatic N) is 2. The van der Waals surface area contributed by atoms with Gasteiger partial charge in [0.05, 0.1) is 19.0 Å². The SMILES string of the molecule is COc1ccc(-c2cnc(NC(C)=O)c(C=C(C)C)n2)cc1. The first kappa shape index (κ1) is 15.7. The van der Waals surface area contributed by atoms with E-state index >= 15 is 0 Å². The summed E-state index contributed by atoms with van der Waals surface area (Å²) in [6.07, 6.45) is 3.54. The molecule has 5 nitrogen and oxygen atoms in total. The molecule has 0 unspecified atom stereocenters. The third-order valence-corrected chi connectivity index (χ3v) is 2.91. The van der Waals surface area contributed by atoms with Crippen LogP contribution in [0.4, 0.5) is 5.82 Å². The van der Waals surface area contributed by atoms with E-state index in [2.05, 4.69) is 15.3 Å². The van der Waals surface area contributed by atoms with Crippen LogP contribution in [0.2, 0.25) is 0 Å². The number of rotatable bonds is 4. The summed E-state index contributed by atoms with van der Waals surface area (Å²) in [4.78, 5) is 20.2. The molecule has 5 heteroatoms. The van der Waals surface area contributed by atoms with Gasteiger partial charge in [0.1, 0.15) is 11.4 Å². The van der Waals surface area contributed by atoms with Gasteiger partial charge in [-0.2, -0.15) is 0 Å². The summed E-state index contributed by atoms with van der Waals surface area (Å²) >= 11 is 0. The van der Waals surface area contributed by atoms with E-state index in [9.17, 15) is 4.79 Å². The Kier molecular flexibility index (Phi) is 4.88. The largest absolute Gasteiger partial charge is 0.497 e. The molecule has 22 heavy (non-hydrogen) atoms. The van der Waals surface area contributed by atoms with Crippen molar-refractivity contribution in [3.63, 3.8) is 0 Å². The molecule has 0 saturated heterocycles. The molecule has 2 aromatic rings. The lowest BCUT2D eigenvalue weighted by atomic mass is 10.1. The van der Waals surface area contributed by atoms with Crippen LogP contribution < -0.4 is 10.1 Å². The second-order valence-electron chi connectivity index (χ2n) is 5.12. The number of aromatic nitrogens is 2. The van der Waals surface area contributed by atoms with Gasteiger partial charge in [-0.25, -0.2) is 9.97 Å². The predicted octanol–water partition coefficient (Wildman–Crippen LogP) is 3.53. The summed E-state index contributed by atoms with van der Waals surface area (Å²) in [6.45, 7) is 5.39. The Hall–Kier alpha value is -2.69. The van der Waals surface area contributed by atoms with Crippen molar-refractivity contribution in [2.24, 2.45) is 0 Å². The van der Waals surface area contributed by atoms with Crippen LogP contribution in [-0.4, -0.2) is 23.0 Å². The zero-order valence-electron chi connectivity index (χ0n) is 13.2. The molecule has 0 fully saturated rings. The van der Waals surface area contributed by atoms with Crippen molar-refractivity contribution in [1.82, 2.24) is 9.97 Å². The van der Waals surface area contributed by atoms with Crippen LogP contribution in [0.25, 0.3) is 17.3 Å². The van der Waals surface area contributed by atoms with Crippen LogP contribution >= 0.6 is 0 Å². The molecule has 0 spiro atoms. The fourth-order valence-electron chi connectivity index (χ4n) is 1.94. The van der Waals surface area contributed by atoms with Crippen molar-refractivity contribution in [2.45, 2.75) is 20.8 Å². The van der Waals surface area contributed by atoms with Gasteiger partial charge in [-0.15, -0.1) is 0 Å². The van der Waals surface area contributed by atoms with Crippen LogP contribution in [0.5, 0.6) is 5.75 Å². The number of hydrogen-bond acceptors (Lipinski definition) is 4. The van der Waals surface area contributed by atoms with Crippen molar-refractivity contribution in [3.8, 4) is 17.0 Å². The average molecular weight is 297 g/mol. The minimum absolute atomic E-state index is 0.171. The monoisotopic (exact) mass is 297 g/mol. The maximum absolute atomic E-state index is 11.3. The van der Waals surface area contributed by atoms with Gasteiger partial charge in [-0.3, -0.25) is 4.79 Å². The maximum atomic E-state index is 11.3. The number of ether oxygens (including phenoxy) is 1. The van der Waals surface area contributed by atoms with Gasteiger partial charge in [-0.05, 0) is 44.2 Å². The first-order valence-corrected chi connectivity index (χ1v) is 6.93. The molecule has 1 N–H and O–H groups in total. The van der Waals surface area contributed by atoms with Crippen molar-refractivity contribution in [2.75, 3.05) is 12.4 Å². The lowest BCUT2D eigenvalue weighted by Gasteiger charge is -2.09. The summed E-state index contributed by atoms with van der Waals surface area (Å²) in [5.41, 5.74) is 3.40. The van der Waals surface area contributed by atoms with Crippen molar-refractivity contribution >= 4 is 17.8 Å². The molecular weight excluding hydrogens is 278 g/mol. The number of amides is 1. The van der Waals surface area contributed by atoms with Crippen molar-refractivity contribution < 1.29 is 9.53 Å². The number of methoxy groups -OCH3 is 1. The molecule has 0 aliphatic rings. The van der Waals surface area contributed by atoms with Gasteiger partial charge in [0.25, 0.3) is 0 Å². The van der Waals surface area contributed by atoms with E-state index in [4.69, 9.17) is 4.74 Å². The number of carbonyl (C=O) groups excluding carboxylic acids is 1. The van der Waals surface area contributed by atoms with E-state index < -0.39 is 0 Å². The number of allylic oxidation sites excluding steroid dienone is 1. The van der Waals surface area contributed by atoms with Crippen LogP contribution in [0.3, 0.4) is 0 Å². The van der Waals surface area contributed by atoms with Gasteiger partial charge in [0, 0.05) is 12.5 Å². The molecule has 114 valence electrons. The van der Waals surface area contributed by atoms with Gasteiger partial charge < -0.3 is 10.1 Å². The highest BCUT2D eigenvalue weighted by Crippen LogP contribution is 2.23. The van der Waals surface area contributed by atoms with Gasteiger partial charge >= 0.3 is 0 Å². The molecule has 0 saturated carbocycles. The standard InChI is InChI=1S/C17H19N3O2/c1-11(2)9-15-17(19-12(3)21)18-10-16(20-15)13-5-7-14(22-4)8-6-13/h5-10H,1-4H3,(H,18,19,21). The number of hydrogen-bond donors (Lipinski definition) is 1. The zero-order valence-corrected chi connectivity index (χ0v) is 13.2. The predicted molar refractivity (Wildman–Crippen MR) is 87.6 cm³/mol. The number of benzene rings is 1. The minimum atomic E-state index is -0.171. The lowest BCUT2D eigenvalue weighted by molar-refractivity contribution is -0.114. The Balaban J connectivity index is 2.44. The maximum Gasteiger partial charge on any atom is 0.222 e. The lowest BCUT2D eigenvalue weighted by Crippen LogP contribution is -2.10. The van der Waals surface area contributed by atoms with E-state index in [1.807, 2.05) is 44.2 Å². The third kappa shape index (κ3) is 3.91. The van der Waals surface area contributed by atoms with Crippen molar-refractivity contribution in [3.05, 3.63) is 41.7 Å². The van der Waals surface area contributed by atoms with Crippen LogP contribution in [0.1, 0.15) is 26.5 Å². The summed E-state index contributed by atoms with van der Waals surface area (Å²) in [7, 11) is 1.63. The molecule has 0 bridgehead atoms. The fourth-order valence-corrected chi connectivity index (χ4v) is 1.94. The molecule has 0 aliphatic carbocycles. The topological polar surface area (TPSA) is 64.1 Å². The molecule has 1 amide bonds. The first-order chi connectivity index (χ1) is 10.5. The van der Waals surface area contributed by atoms with E-state index in [-0.39, 0.29) is 5.91 Å². The second kappa shape index (κ2) is 6.85. The molecule has 1 heterocycles. The van der Waals surface area contributed by atoms with Crippen LogP contribution in [0, 0.1) is 0 Å². The number of carbonyl (C=O) groups is 1. The Labute approximate surface area is 130 Å². The molecule has 2 rings (SSSR count). The highest BCUT2D eigenvalue weighted by atomic mass is 16.5. The van der Waals surface area contributed by atoms with Gasteiger partial charge in [0.15, 0.2) is 5.82 Å². The summed E-state index contributed by atoms with van der Waals surface area (Å²) in [5.74, 6) is 1.08. The first-order valence-electron chi connectivity index (χ1n) is 6.93. The third-order valence-electron chi connectivity index (χ3n) is 2.91. The van der Waals surface area contributed by atoms with Gasteiger partial charge in [-0.1, -0.05) is 5.57 Å². The van der Waals surface area contributed by atoms with Crippen molar-refractivity contribution in [1.29, 1.82) is 0 Å². The Bertz CT molecular complexity index is 702. The fraction of sp³-hybridized carbons (Fsp3) is 0.235.